The third-order valence-corrected chi connectivity index (χ3v) is 10.6. The topological polar surface area (TPSA) is 144 Å². The van der Waals surface area contributed by atoms with Crippen LogP contribution in [0.3, 0.4) is 0 Å². The second-order valence-corrected chi connectivity index (χ2v) is 15.8. The Balaban J connectivity index is 1.75. The fourth-order valence-corrected chi connectivity index (χ4v) is 7.49. The molecule has 48 heavy (non-hydrogen) atoms. The average Bonchev–Trinajstić information content (AvgIpc) is 3.03. The zero-order valence-electron chi connectivity index (χ0n) is 28.2. The van der Waals surface area contributed by atoms with Gasteiger partial charge in [0.1, 0.15) is 27.7 Å². The van der Waals surface area contributed by atoms with Crippen LogP contribution in [0.2, 0.25) is 0 Å². The molecule has 0 heterocycles. The van der Waals surface area contributed by atoms with Gasteiger partial charge in [0, 0.05) is 21.9 Å². The van der Waals surface area contributed by atoms with E-state index in [1.165, 1.54) is 24.3 Å². The molecule has 0 spiro atoms. The van der Waals surface area contributed by atoms with Crippen molar-refractivity contribution in [1.29, 1.82) is 0 Å². The van der Waals surface area contributed by atoms with E-state index in [1.54, 1.807) is 12.1 Å². The van der Waals surface area contributed by atoms with E-state index in [0.717, 1.165) is 49.6 Å². The smallest absolute Gasteiger partial charge is 0.298 e. The van der Waals surface area contributed by atoms with Crippen LogP contribution in [0.15, 0.2) is 82.6 Å². The van der Waals surface area contributed by atoms with Crippen LogP contribution in [0.5, 0.6) is 17.2 Å². The van der Waals surface area contributed by atoms with Gasteiger partial charge in [-0.3, -0.25) is 13.9 Å². The first-order chi connectivity index (χ1) is 22.4. The number of benzene rings is 4. The maximum Gasteiger partial charge on any atom is 0.298 e. The van der Waals surface area contributed by atoms with Gasteiger partial charge in [-0.05, 0) is 80.0 Å². The summed E-state index contributed by atoms with van der Waals surface area (Å²) in [6, 6.07) is 18.4. The molecule has 0 aliphatic carbocycles. The number of carbonyl (C=O) groups excluding carboxylic acids is 1. The minimum atomic E-state index is -4.89. The highest BCUT2D eigenvalue weighted by Gasteiger charge is 2.30. The normalized spacial score (nSPS) is 13.7. The van der Waals surface area contributed by atoms with E-state index in [2.05, 4.69) is 20.8 Å². The predicted octanol–water partition coefficient (Wildman–Crippen LogP) is 9.17. The molecule has 0 amide bonds. The maximum absolute atomic E-state index is 13.6. The third-order valence-electron chi connectivity index (χ3n) is 8.84. The van der Waals surface area contributed by atoms with Crippen molar-refractivity contribution in [2.45, 2.75) is 101 Å². The van der Waals surface area contributed by atoms with E-state index in [4.69, 9.17) is 9.47 Å². The van der Waals surface area contributed by atoms with Crippen molar-refractivity contribution in [2.75, 3.05) is 0 Å². The Hall–Kier alpha value is -3.77. The van der Waals surface area contributed by atoms with Crippen molar-refractivity contribution in [3.8, 4) is 17.2 Å². The van der Waals surface area contributed by atoms with Gasteiger partial charge in [-0.15, -0.1) is 0 Å². The number of unbranched alkanes of at least 4 members (excludes halogenated alkanes) is 1. The number of carbonyl (C=O) groups is 1. The summed E-state index contributed by atoms with van der Waals surface area (Å²) in [5, 5.41) is 1.40. The van der Waals surface area contributed by atoms with Gasteiger partial charge in [-0.25, -0.2) is 0 Å². The molecule has 0 saturated heterocycles. The van der Waals surface area contributed by atoms with Crippen molar-refractivity contribution in [3.63, 3.8) is 0 Å². The second-order valence-electron chi connectivity index (χ2n) is 13.0. The number of hydrogen-bond donors (Lipinski definition) is 2. The van der Waals surface area contributed by atoms with Crippen LogP contribution < -0.4 is 9.47 Å². The minimum Gasteiger partial charge on any atom is -0.487 e. The summed E-state index contributed by atoms with van der Waals surface area (Å²) in [4.78, 5) is 12.5. The van der Waals surface area contributed by atoms with Gasteiger partial charge in [0.25, 0.3) is 20.2 Å². The first-order valence-corrected chi connectivity index (χ1v) is 19.0. The van der Waals surface area contributed by atoms with Gasteiger partial charge in [-0.1, -0.05) is 83.9 Å². The number of hydrogen-bond acceptors (Lipinski definition) is 7. The van der Waals surface area contributed by atoms with Crippen LogP contribution in [-0.4, -0.2) is 37.3 Å². The largest absolute Gasteiger partial charge is 0.487 e. The molecule has 258 valence electrons. The molecule has 0 aromatic heterocycles. The summed E-state index contributed by atoms with van der Waals surface area (Å²) >= 11 is 0. The molecular weight excluding hydrogens is 653 g/mol. The molecule has 4 aromatic rings. The summed E-state index contributed by atoms with van der Waals surface area (Å²) in [6.45, 7) is 11.9. The van der Waals surface area contributed by atoms with E-state index in [0.29, 0.717) is 28.9 Å². The van der Waals surface area contributed by atoms with E-state index >= 15 is 0 Å². The molecule has 0 radical (unpaired) electrons. The van der Waals surface area contributed by atoms with Crippen LogP contribution in [0.4, 0.5) is 0 Å². The molecule has 11 heteroatoms. The molecule has 0 aliphatic rings. The van der Waals surface area contributed by atoms with Crippen LogP contribution in [0.25, 0.3) is 10.8 Å². The van der Waals surface area contributed by atoms with Gasteiger partial charge < -0.3 is 9.47 Å². The number of rotatable bonds is 15. The summed E-state index contributed by atoms with van der Waals surface area (Å²) in [5.74, 6) is 0.0224. The molecule has 0 bridgehead atoms. The monoisotopic (exact) mass is 696 g/mol. The van der Waals surface area contributed by atoms with Crippen LogP contribution >= 0.6 is 0 Å². The lowest BCUT2D eigenvalue weighted by Gasteiger charge is -2.30. The Kier molecular flexibility index (Phi) is 11.1. The highest BCUT2D eigenvalue weighted by molar-refractivity contribution is 7.86. The number of ether oxygens (including phenoxy) is 2. The van der Waals surface area contributed by atoms with Crippen LogP contribution in [0, 0.1) is 0 Å². The van der Waals surface area contributed by atoms with E-state index in [1.807, 2.05) is 45.0 Å². The van der Waals surface area contributed by atoms with Gasteiger partial charge in [0.15, 0.2) is 5.78 Å². The fourth-order valence-electron chi connectivity index (χ4n) is 5.95. The lowest BCUT2D eigenvalue weighted by atomic mass is 9.80. The molecule has 1 unspecified atom stereocenters. The molecule has 0 fully saturated rings. The summed E-state index contributed by atoms with van der Waals surface area (Å²) in [6.07, 6.45) is 5.14. The highest BCUT2D eigenvalue weighted by Crippen LogP contribution is 2.40. The van der Waals surface area contributed by atoms with E-state index < -0.39 is 41.2 Å². The zero-order valence-corrected chi connectivity index (χ0v) is 29.9. The summed E-state index contributed by atoms with van der Waals surface area (Å²) in [5.41, 5.74) is -0.868. The Morgan fingerprint density at radius 1 is 0.688 bits per heavy atom. The van der Waals surface area contributed by atoms with Gasteiger partial charge in [0.05, 0.1) is 4.90 Å². The highest BCUT2D eigenvalue weighted by atomic mass is 32.2. The second kappa shape index (κ2) is 14.4. The molecular formula is C37H44O9S2. The first-order valence-electron chi connectivity index (χ1n) is 16.1. The average molecular weight is 697 g/mol. The lowest BCUT2D eigenvalue weighted by Crippen LogP contribution is -2.31. The quantitative estimate of drug-likeness (QED) is 0.0918. The first kappa shape index (κ1) is 37.1. The molecule has 2 N–H and O–H groups in total. The minimum absolute atomic E-state index is 0.0896. The Morgan fingerprint density at radius 3 is 1.79 bits per heavy atom. The fraction of sp³-hybridized carbons (Fsp3) is 0.378. The van der Waals surface area contributed by atoms with Gasteiger partial charge >= 0.3 is 0 Å². The SMILES string of the molecule is CCCCC(C)(CC)Oc1ccc(Oc2ccc(C(=O)c3ccc(C(C)(C)CCC)c(S(=O)(=O)O)c3)cc2S(=O)(=O)O)c2ccccc12. The standard InChI is InChI=1S/C37H44O9S2/c1-7-10-22-37(6,9-3)46-31-20-19-30(27-13-11-12-14-28(27)31)45-32-18-16-26(24-34(32)48(42,43)44)35(38)25-15-17-29(36(4,5)21-8-2)33(23-25)47(39,40)41/h11-20,23-24H,7-10,21-22H2,1-6H3,(H,39,40,41)(H,42,43,44). The van der Waals surface area contributed by atoms with Crippen molar-refractivity contribution in [3.05, 3.63) is 89.5 Å². The van der Waals surface area contributed by atoms with E-state index in [9.17, 15) is 30.7 Å². The molecule has 0 saturated carbocycles. The molecule has 0 aliphatic heterocycles. The van der Waals surface area contributed by atoms with Crippen molar-refractivity contribution in [2.24, 2.45) is 0 Å². The van der Waals surface area contributed by atoms with Crippen LogP contribution in [-0.2, 0) is 25.7 Å². The molecule has 4 aromatic carbocycles. The third kappa shape index (κ3) is 8.26. The van der Waals surface area contributed by atoms with Gasteiger partial charge in [0.2, 0.25) is 0 Å². The van der Waals surface area contributed by atoms with E-state index in [-0.39, 0.29) is 22.5 Å². The zero-order chi connectivity index (χ0) is 35.5. The lowest BCUT2D eigenvalue weighted by molar-refractivity contribution is 0.0742. The summed E-state index contributed by atoms with van der Waals surface area (Å²) < 4.78 is 82.7. The van der Waals surface area contributed by atoms with Crippen molar-refractivity contribution < 1.29 is 40.2 Å². The Bertz CT molecular complexity index is 2030. The molecule has 9 nitrogen and oxygen atoms in total. The van der Waals surface area contributed by atoms with Crippen molar-refractivity contribution in [1.82, 2.24) is 0 Å². The number of fused-ring (bicyclic) bond motifs is 1. The molecule has 4 rings (SSSR count). The molecule has 1 atom stereocenters. The number of ketones is 1. The van der Waals surface area contributed by atoms with Crippen LogP contribution in [0.1, 0.15) is 102 Å². The Morgan fingerprint density at radius 2 is 1.23 bits per heavy atom. The Labute approximate surface area is 283 Å². The van der Waals surface area contributed by atoms with Gasteiger partial charge in [-0.2, -0.15) is 16.8 Å². The maximum atomic E-state index is 13.6. The summed E-state index contributed by atoms with van der Waals surface area (Å²) in [7, 11) is -9.59. The van der Waals surface area contributed by atoms with Crippen molar-refractivity contribution >= 4 is 36.8 Å². The predicted molar refractivity (Wildman–Crippen MR) is 187 cm³/mol.